The van der Waals surface area contributed by atoms with Gasteiger partial charge in [-0.2, -0.15) is 22.0 Å². The van der Waals surface area contributed by atoms with Gasteiger partial charge >= 0.3 is 12.1 Å². The maximum Gasteiger partial charge on any atom is 0.455 e. The van der Waals surface area contributed by atoms with Gasteiger partial charge in [-0.05, 0) is 6.07 Å². The summed E-state index contributed by atoms with van der Waals surface area (Å²) in [7, 11) is 0. The Morgan fingerprint density at radius 1 is 1.00 bits per heavy atom. The van der Waals surface area contributed by atoms with Gasteiger partial charge in [0.25, 0.3) is 0 Å². The second-order valence-electron chi connectivity index (χ2n) is 3.24. The zero-order valence-electron chi connectivity index (χ0n) is 8.03. The third-order valence-corrected chi connectivity index (χ3v) is 2.09. The first-order valence-corrected chi connectivity index (χ1v) is 4.23. The fourth-order valence-electron chi connectivity index (χ4n) is 1.13. The maximum absolute atomic E-state index is 13.0. The molecule has 17 heavy (non-hydrogen) atoms. The first-order chi connectivity index (χ1) is 7.59. The average molecular weight is 261 g/mol. The molecule has 0 unspecified atom stereocenters. The Balaban J connectivity index is 3.22. The number of halogens is 7. The summed E-state index contributed by atoms with van der Waals surface area (Å²) >= 11 is 0. The van der Waals surface area contributed by atoms with Crippen molar-refractivity contribution in [3.8, 4) is 0 Å². The van der Waals surface area contributed by atoms with E-state index in [0.29, 0.717) is 12.1 Å². The number of hydrogen-bond acceptors (Lipinski definition) is 1. The zero-order valence-corrected chi connectivity index (χ0v) is 8.03. The van der Waals surface area contributed by atoms with E-state index in [-0.39, 0.29) is 0 Å². The Morgan fingerprint density at radius 3 is 2.00 bits per heavy atom. The average Bonchev–Trinajstić information content (AvgIpc) is 2.19. The third-order valence-electron chi connectivity index (χ3n) is 2.09. The molecule has 0 radical (unpaired) electrons. The lowest BCUT2D eigenvalue weighted by Gasteiger charge is -2.26. The molecule has 1 rings (SSSR count). The number of rotatable bonds is 2. The van der Waals surface area contributed by atoms with Crippen molar-refractivity contribution in [1.29, 1.82) is 0 Å². The predicted octanol–water partition coefficient (Wildman–Crippen LogP) is 3.16. The van der Waals surface area contributed by atoms with Crippen molar-refractivity contribution in [2.24, 2.45) is 5.73 Å². The smallest absolute Gasteiger partial charge is 0.319 e. The molecule has 1 atom stereocenters. The lowest BCUT2D eigenvalue weighted by atomic mass is 10.0. The predicted molar refractivity (Wildman–Crippen MR) is 44.3 cm³/mol. The molecule has 1 nitrogen and oxygen atoms in total. The molecule has 1 aromatic carbocycles. The molecule has 0 aliphatic heterocycles. The fourth-order valence-corrected chi connectivity index (χ4v) is 1.13. The van der Waals surface area contributed by atoms with Crippen LogP contribution in [-0.2, 0) is 0 Å². The van der Waals surface area contributed by atoms with E-state index >= 15 is 0 Å². The highest BCUT2D eigenvalue weighted by molar-refractivity contribution is 5.24. The standard InChI is InChI=1S/C9H6F7N/c10-5-3-1-2-4(6(5)11)7(17)8(12,13)9(14,15)16/h1-3,7H,17H2/t7-/m0/s1. The van der Waals surface area contributed by atoms with E-state index in [9.17, 15) is 30.7 Å². The number of benzene rings is 1. The fraction of sp³-hybridized carbons (Fsp3) is 0.333. The number of alkyl halides is 5. The quantitative estimate of drug-likeness (QED) is 0.813. The Kier molecular flexibility index (Phi) is 3.37. The second-order valence-corrected chi connectivity index (χ2v) is 3.24. The minimum atomic E-state index is -5.94. The van der Waals surface area contributed by atoms with Crippen LogP contribution in [0.3, 0.4) is 0 Å². The van der Waals surface area contributed by atoms with E-state index < -0.39 is 35.3 Å². The number of hydrogen-bond donors (Lipinski definition) is 1. The summed E-state index contributed by atoms with van der Waals surface area (Å²) in [6.07, 6.45) is -5.94. The van der Waals surface area contributed by atoms with Gasteiger partial charge in [-0.3, -0.25) is 0 Å². The first kappa shape index (κ1) is 13.8. The van der Waals surface area contributed by atoms with Gasteiger partial charge in [0.05, 0.1) is 0 Å². The molecule has 96 valence electrons. The minimum absolute atomic E-state index is 0.572. The van der Waals surface area contributed by atoms with Crippen LogP contribution in [0.5, 0.6) is 0 Å². The van der Waals surface area contributed by atoms with Crippen molar-refractivity contribution in [1.82, 2.24) is 0 Å². The summed E-state index contributed by atoms with van der Waals surface area (Å²) < 4.78 is 87.1. The van der Waals surface area contributed by atoms with Crippen LogP contribution in [-0.4, -0.2) is 12.1 Å². The van der Waals surface area contributed by atoms with E-state index in [1.165, 1.54) is 0 Å². The molecule has 2 N–H and O–H groups in total. The van der Waals surface area contributed by atoms with Crippen LogP contribution in [0.1, 0.15) is 11.6 Å². The Hall–Kier alpha value is -1.31. The van der Waals surface area contributed by atoms with Crippen molar-refractivity contribution >= 4 is 0 Å². The molecular weight excluding hydrogens is 255 g/mol. The first-order valence-electron chi connectivity index (χ1n) is 4.23. The van der Waals surface area contributed by atoms with E-state index in [2.05, 4.69) is 5.73 Å². The molecule has 1 aromatic rings. The van der Waals surface area contributed by atoms with E-state index in [1.54, 1.807) is 0 Å². The van der Waals surface area contributed by atoms with E-state index in [4.69, 9.17) is 0 Å². The van der Waals surface area contributed by atoms with Gasteiger partial charge < -0.3 is 5.73 Å². The van der Waals surface area contributed by atoms with Crippen molar-refractivity contribution in [3.63, 3.8) is 0 Å². The van der Waals surface area contributed by atoms with Crippen LogP contribution in [0.2, 0.25) is 0 Å². The van der Waals surface area contributed by atoms with Crippen LogP contribution in [0.15, 0.2) is 18.2 Å². The Bertz CT molecular complexity index is 412. The normalized spacial score (nSPS) is 14.8. The van der Waals surface area contributed by atoms with E-state index in [0.717, 1.165) is 6.07 Å². The Morgan fingerprint density at radius 2 is 1.53 bits per heavy atom. The van der Waals surface area contributed by atoms with Gasteiger partial charge in [-0.25, -0.2) is 8.78 Å². The topological polar surface area (TPSA) is 26.0 Å². The van der Waals surface area contributed by atoms with Crippen LogP contribution >= 0.6 is 0 Å². The van der Waals surface area contributed by atoms with Gasteiger partial charge in [0.15, 0.2) is 11.6 Å². The molecule has 0 heterocycles. The van der Waals surface area contributed by atoms with Gasteiger partial charge in [0.2, 0.25) is 0 Å². The SMILES string of the molecule is N[C@@H](c1cccc(F)c1F)C(F)(F)C(F)(F)F. The van der Waals surface area contributed by atoms with Gasteiger partial charge in [-0.15, -0.1) is 0 Å². The highest BCUT2D eigenvalue weighted by atomic mass is 19.4. The van der Waals surface area contributed by atoms with E-state index in [1.807, 2.05) is 0 Å². The van der Waals surface area contributed by atoms with Crippen LogP contribution in [0.4, 0.5) is 30.7 Å². The Labute approximate surface area is 91.0 Å². The molecule has 0 bridgehead atoms. The number of nitrogens with two attached hydrogens (primary N) is 1. The largest absolute Gasteiger partial charge is 0.455 e. The van der Waals surface area contributed by atoms with Crippen molar-refractivity contribution in [3.05, 3.63) is 35.4 Å². The molecule has 0 aromatic heterocycles. The highest BCUT2D eigenvalue weighted by Crippen LogP contribution is 2.43. The summed E-state index contributed by atoms with van der Waals surface area (Å²) in [5, 5.41) is 0. The van der Waals surface area contributed by atoms with Crippen LogP contribution < -0.4 is 5.73 Å². The summed E-state index contributed by atoms with van der Waals surface area (Å²) in [6, 6.07) is -1.06. The third kappa shape index (κ3) is 2.36. The van der Waals surface area contributed by atoms with Crippen LogP contribution in [0.25, 0.3) is 0 Å². The molecule has 0 aliphatic carbocycles. The molecule has 0 saturated heterocycles. The van der Waals surface area contributed by atoms with Crippen LogP contribution in [0, 0.1) is 11.6 Å². The lowest BCUT2D eigenvalue weighted by molar-refractivity contribution is -0.291. The van der Waals surface area contributed by atoms with Gasteiger partial charge in [0.1, 0.15) is 6.04 Å². The summed E-state index contributed by atoms with van der Waals surface area (Å²) in [5.41, 5.74) is 3.42. The molecule has 0 spiro atoms. The molecule has 8 heteroatoms. The van der Waals surface area contributed by atoms with Gasteiger partial charge in [0, 0.05) is 5.56 Å². The van der Waals surface area contributed by atoms with Crippen molar-refractivity contribution in [2.75, 3.05) is 0 Å². The monoisotopic (exact) mass is 261 g/mol. The summed E-state index contributed by atoms with van der Waals surface area (Å²) in [6.45, 7) is 0. The maximum atomic E-state index is 13.0. The molecule has 0 aliphatic rings. The molecule has 0 saturated carbocycles. The summed E-state index contributed by atoms with van der Waals surface area (Å²) in [5.74, 6) is -8.71. The molecule has 0 fully saturated rings. The lowest BCUT2D eigenvalue weighted by Crippen LogP contribution is -2.46. The molecule has 0 amide bonds. The van der Waals surface area contributed by atoms with Crippen molar-refractivity contribution < 1.29 is 30.7 Å². The molecular formula is C9H6F7N. The zero-order chi connectivity index (χ0) is 13.4. The van der Waals surface area contributed by atoms with Crippen molar-refractivity contribution in [2.45, 2.75) is 18.1 Å². The minimum Gasteiger partial charge on any atom is -0.319 e. The van der Waals surface area contributed by atoms with Gasteiger partial charge in [-0.1, -0.05) is 12.1 Å². The highest BCUT2D eigenvalue weighted by Gasteiger charge is 2.62. The second kappa shape index (κ2) is 4.17. The summed E-state index contributed by atoms with van der Waals surface area (Å²) in [4.78, 5) is 0.